The van der Waals surface area contributed by atoms with Crippen LogP contribution in [0.15, 0.2) is 40.6 Å². The van der Waals surface area contributed by atoms with Gasteiger partial charge in [0.1, 0.15) is 29.6 Å². The van der Waals surface area contributed by atoms with Crippen molar-refractivity contribution in [3.63, 3.8) is 0 Å². The van der Waals surface area contributed by atoms with Gasteiger partial charge in [-0.1, -0.05) is 0 Å². The predicted octanol–water partition coefficient (Wildman–Crippen LogP) is 1.69. The van der Waals surface area contributed by atoms with Crippen molar-refractivity contribution in [2.24, 2.45) is 0 Å². The molecule has 5 atom stereocenters. The molecule has 0 bridgehead atoms. The van der Waals surface area contributed by atoms with Crippen LogP contribution in [0, 0.1) is 0 Å². The van der Waals surface area contributed by atoms with Crippen molar-refractivity contribution >= 4 is 36.6 Å². The molecule has 0 radical (unpaired) electrons. The summed E-state index contributed by atoms with van der Waals surface area (Å²) in [4.78, 5) is 23.6. The summed E-state index contributed by atoms with van der Waals surface area (Å²) in [6.45, 7) is -0.111. The van der Waals surface area contributed by atoms with Gasteiger partial charge in [-0.2, -0.15) is 0 Å². The van der Waals surface area contributed by atoms with Crippen LogP contribution in [0.4, 0.5) is 5.82 Å². The highest BCUT2D eigenvalue weighted by molar-refractivity contribution is 7.99. The summed E-state index contributed by atoms with van der Waals surface area (Å²) in [6.07, 6.45) is -1.37. The van der Waals surface area contributed by atoms with E-state index >= 15 is 0 Å². The molecule has 31 heavy (non-hydrogen) atoms. The molecule has 1 aromatic carbocycles. The normalized spacial score (nSPS) is 30.5. The van der Waals surface area contributed by atoms with Crippen LogP contribution in [-0.2, 0) is 23.1 Å². The molecule has 4 heterocycles. The summed E-state index contributed by atoms with van der Waals surface area (Å²) in [5.74, 6) is 0.344. The lowest BCUT2D eigenvalue weighted by atomic mass is 10.1. The van der Waals surface area contributed by atoms with Crippen molar-refractivity contribution in [3.05, 3.63) is 30.6 Å². The summed E-state index contributed by atoms with van der Waals surface area (Å²) >= 11 is 1.27. The first-order valence-corrected chi connectivity index (χ1v) is 11.5. The van der Waals surface area contributed by atoms with E-state index in [1.807, 2.05) is 0 Å². The summed E-state index contributed by atoms with van der Waals surface area (Å²) < 4.78 is 35.1. The first-order chi connectivity index (χ1) is 14.8. The predicted molar refractivity (Wildman–Crippen MR) is 107 cm³/mol. The molecule has 5 rings (SSSR count). The second-order valence-electron chi connectivity index (χ2n) is 6.91. The number of rotatable bonds is 4. The van der Waals surface area contributed by atoms with Crippen molar-refractivity contribution in [1.29, 1.82) is 0 Å². The number of nitrogens with two attached hydrogens (primary N) is 1. The zero-order valence-corrected chi connectivity index (χ0v) is 17.8. The molecule has 2 aliphatic rings. The number of aromatic nitrogens is 4. The molecule has 0 aliphatic carbocycles. The highest BCUT2D eigenvalue weighted by atomic mass is 32.2. The first-order valence-electron chi connectivity index (χ1n) is 9.15. The number of fused-ring (bicyclic) bond motifs is 2. The molecule has 4 N–H and O–H groups in total. The average molecular weight is 467 g/mol. The Balaban J connectivity index is 1.50. The molecule has 0 amide bonds. The maximum absolute atomic E-state index is 11.9. The Morgan fingerprint density at radius 2 is 2.10 bits per heavy atom. The number of benzene rings is 1. The van der Waals surface area contributed by atoms with E-state index in [9.17, 15) is 14.6 Å². The fraction of sp³-hybridized carbons (Fsp3) is 0.353. The van der Waals surface area contributed by atoms with Gasteiger partial charge in [-0.25, -0.2) is 19.5 Å². The number of phosphoric ester groups is 1. The van der Waals surface area contributed by atoms with E-state index in [0.29, 0.717) is 16.3 Å². The number of phenols is 1. The smallest absolute Gasteiger partial charge is 0.472 e. The van der Waals surface area contributed by atoms with E-state index in [0.717, 1.165) is 4.90 Å². The summed E-state index contributed by atoms with van der Waals surface area (Å²) in [6, 6.07) is 6.59. The SMILES string of the molecule is COC1C2OP(=O)(O)OCC2OC1n1cnc2c(N)nc(Sc3ccc(O)cc3)nc21. The number of ether oxygens (including phenoxy) is 2. The topological polar surface area (TPSA) is 164 Å². The molecule has 14 heteroatoms. The van der Waals surface area contributed by atoms with Gasteiger partial charge < -0.3 is 25.2 Å². The van der Waals surface area contributed by atoms with Gasteiger partial charge in [-0.05, 0) is 36.0 Å². The van der Waals surface area contributed by atoms with Gasteiger partial charge in [0.25, 0.3) is 0 Å². The van der Waals surface area contributed by atoms with Crippen LogP contribution in [0.3, 0.4) is 0 Å². The molecular weight excluding hydrogens is 449 g/mol. The van der Waals surface area contributed by atoms with Crippen LogP contribution >= 0.6 is 19.6 Å². The van der Waals surface area contributed by atoms with Gasteiger partial charge in [0, 0.05) is 12.0 Å². The maximum atomic E-state index is 11.9. The Kier molecular flexibility index (Phi) is 5.13. The third-order valence-electron chi connectivity index (χ3n) is 4.96. The monoisotopic (exact) mass is 467 g/mol. The van der Waals surface area contributed by atoms with Gasteiger partial charge in [-0.15, -0.1) is 0 Å². The van der Waals surface area contributed by atoms with E-state index in [2.05, 4.69) is 15.0 Å². The number of anilines is 1. The third-order valence-corrected chi connectivity index (χ3v) is 6.82. The Hall–Kier alpha value is -2.25. The van der Waals surface area contributed by atoms with Crippen molar-refractivity contribution < 1.29 is 33.1 Å². The van der Waals surface area contributed by atoms with Gasteiger partial charge in [0.2, 0.25) is 0 Å². The number of nitrogens with zero attached hydrogens (tertiary/aromatic N) is 4. The second-order valence-corrected chi connectivity index (χ2v) is 9.36. The van der Waals surface area contributed by atoms with E-state index in [1.54, 1.807) is 28.8 Å². The molecule has 2 fully saturated rings. The third kappa shape index (κ3) is 3.78. The van der Waals surface area contributed by atoms with Gasteiger partial charge in [0.05, 0.1) is 12.9 Å². The van der Waals surface area contributed by atoms with Crippen molar-refractivity contribution in [1.82, 2.24) is 19.5 Å². The maximum Gasteiger partial charge on any atom is 0.472 e. The fourth-order valence-corrected chi connectivity index (χ4v) is 5.28. The molecule has 3 aromatic rings. The number of hydrogen-bond acceptors (Lipinski definition) is 11. The van der Waals surface area contributed by atoms with Crippen LogP contribution < -0.4 is 5.73 Å². The molecule has 0 saturated carbocycles. The van der Waals surface area contributed by atoms with Crippen LogP contribution in [0.25, 0.3) is 11.2 Å². The van der Waals surface area contributed by atoms with E-state index in [-0.39, 0.29) is 18.2 Å². The molecule has 164 valence electrons. The highest BCUT2D eigenvalue weighted by Crippen LogP contribution is 2.53. The van der Waals surface area contributed by atoms with Crippen LogP contribution in [0.5, 0.6) is 5.75 Å². The zero-order valence-electron chi connectivity index (χ0n) is 16.1. The highest BCUT2D eigenvalue weighted by Gasteiger charge is 2.53. The molecule has 2 aromatic heterocycles. The average Bonchev–Trinajstić information content (AvgIpc) is 3.29. The Bertz CT molecular complexity index is 1180. The minimum Gasteiger partial charge on any atom is -0.508 e. The van der Waals surface area contributed by atoms with E-state index < -0.39 is 32.4 Å². The second kappa shape index (κ2) is 7.71. The largest absolute Gasteiger partial charge is 0.508 e. The Labute approximate surface area is 179 Å². The molecule has 2 saturated heterocycles. The number of nitrogen functional groups attached to an aromatic ring is 1. The molecule has 12 nitrogen and oxygen atoms in total. The Morgan fingerprint density at radius 3 is 2.84 bits per heavy atom. The number of phosphoric acid groups is 1. The lowest BCUT2D eigenvalue weighted by molar-refractivity contribution is -0.0667. The molecule has 5 unspecified atom stereocenters. The molecule has 0 spiro atoms. The summed E-state index contributed by atoms with van der Waals surface area (Å²) in [5.41, 5.74) is 6.89. The summed E-state index contributed by atoms with van der Waals surface area (Å²) in [7, 11) is -2.71. The van der Waals surface area contributed by atoms with E-state index in [1.165, 1.54) is 25.2 Å². The zero-order chi connectivity index (χ0) is 21.8. The number of imidazole rings is 1. The first kappa shape index (κ1) is 20.6. The lowest BCUT2D eigenvalue weighted by Crippen LogP contribution is -2.40. The van der Waals surface area contributed by atoms with E-state index in [4.69, 9.17) is 24.3 Å². The molecular formula is C17H18N5O7PS. The van der Waals surface area contributed by atoms with Crippen molar-refractivity contribution in [2.75, 3.05) is 19.5 Å². The lowest BCUT2D eigenvalue weighted by Gasteiger charge is -2.29. The van der Waals surface area contributed by atoms with Crippen LogP contribution in [-0.4, -0.2) is 61.5 Å². The van der Waals surface area contributed by atoms with Crippen LogP contribution in [0.2, 0.25) is 0 Å². The standard InChI is InChI=1S/C17H18N5O7PS/c1-26-13-12-10(6-27-30(24,25)29-12)28-16(13)22-7-19-11-14(18)20-17(21-15(11)22)31-9-4-2-8(23)3-5-9/h2-5,7,10,12-13,16,23H,6H2,1H3,(H,24,25)(H2,18,20,21). The summed E-state index contributed by atoms with van der Waals surface area (Å²) in [5, 5.41) is 9.83. The van der Waals surface area contributed by atoms with Gasteiger partial charge >= 0.3 is 7.82 Å². The van der Waals surface area contributed by atoms with Crippen LogP contribution in [0.1, 0.15) is 6.23 Å². The Morgan fingerprint density at radius 1 is 1.32 bits per heavy atom. The minimum atomic E-state index is -4.17. The van der Waals surface area contributed by atoms with Gasteiger partial charge in [0.15, 0.2) is 22.8 Å². The minimum absolute atomic E-state index is 0.111. The van der Waals surface area contributed by atoms with Crippen molar-refractivity contribution in [3.8, 4) is 5.75 Å². The number of methoxy groups -OCH3 is 1. The van der Waals surface area contributed by atoms with Crippen molar-refractivity contribution in [2.45, 2.75) is 34.6 Å². The molecule has 2 aliphatic heterocycles. The number of aromatic hydroxyl groups is 1. The number of phenolic OH excluding ortho intramolecular Hbond substituents is 1. The quantitative estimate of drug-likeness (QED) is 0.376. The van der Waals surface area contributed by atoms with Gasteiger partial charge in [-0.3, -0.25) is 13.6 Å². The fourth-order valence-electron chi connectivity index (χ4n) is 3.57. The number of hydrogen-bond donors (Lipinski definition) is 3.